The fourth-order valence-electron chi connectivity index (χ4n) is 3.08. The number of hydrogen-bond acceptors (Lipinski definition) is 4. The molecule has 160 valence electrons. The van der Waals surface area contributed by atoms with Gasteiger partial charge in [0.15, 0.2) is 0 Å². The summed E-state index contributed by atoms with van der Waals surface area (Å²) >= 11 is 0. The Labute approximate surface area is 171 Å². The molecule has 1 aliphatic rings. The van der Waals surface area contributed by atoms with Gasteiger partial charge >= 0.3 is 12.4 Å². The van der Waals surface area contributed by atoms with E-state index in [-0.39, 0.29) is 12.2 Å². The second-order valence-electron chi connectivity index (χ2n) is 6.47. The minimum Gasteiger partial charge on any atom is -0.406 e. The molecule has 30 heavy (non-hydrogen) atoms. The lowest BCUT2D eigenvalue weighted by Crippen LogP contribution is -2.50. The fourth-order valence-corrected chi connectivity index (χ4v) is 3.80. The Hall–Kier alpha value is -3.05. The second-order valence-corrected chi connectivity index (χ2v) is 8.13. The number of para-hydroxylation sites is 1. The molecule has 2 aromatic carbocycles. The number of anilines is 2. The molecule has 0 fully saturated rings. The maximum atomic E-state index is 12.8. The van der Waals surface area contributed by atoms with Crippen LogP contribution in [0.3, 0.4) is 0 Å². The first kappa shape index (κ1) is 21.7. The van der Waals surface area contributed by atoms with Gasteiger partial charge in [0.1, 0.15) is 5.75 Å². The number of alkyl halides is 3. The van der Waals surface area contributed by atoms with Crippen LogP contribution in [0.1, 0.15) is 5.56 Å². The molecular weight excluding hydrogens is 423 g/mol. The normalized spacial score (nSPS) is 16.5. The number of fused-ring (bicyclic) bond motifs is 1. The van der Waals surface area contributed by atoms with Crippen molar-refractivity contribution in [3.63, 3.8) is 0 Å². The van der Waals surface area contributed by atoms with Crippen molar-refractivity contribution in [1.82, 2.24) is 4.72 Å². The molecule has 2 aromatic rings. The van der Waals surface area contributed by atoms with E-state index in [0.29, 0.717) is 12.1 Å². The van der Waals surface area contributed by atoms with Crippen LogP contribution in [0, 0.1) is 0 Å². The number of sulfonamides is 1. The number of hydrogen-bond donors (Lipinski definition) is 2. The van der Waals surface area contributed by atoms with Gasteiger partial charge in [-0.25, -0.2) is 17.9 Å². The summed E-state index contributed by atoms with van der Waals surface area (Å²) in [7, 11) is -3.70. The van der Waals surface area contributed by atoms with Gasteiger partial charge in [0, 0.05) is 29.4 Å². The molecule has 2 amide bonds. The first-order chi connectivity index (χ1) is 14.1. The number of nitrogens with zero attached hydrogens (tertiary/aromatic N) is 1. The SMILES string of the molecule is C=CS(=O)(=O)NC1Cc2ccccc2N(C(=O)Nc2ccc(OC(F)(F)F)cc2)C1. The molecule has 0 saturated heterocycles. The Bertz CT molecular complexity index is 1040. The summed E-state index contributed by atoms with van der Waals surface area (Å²) in [4.78, 5) is 14.2. The Morgan fingerprint density at radius 2 is 1.83 bits per heavy atom. The van der Waals surface area contributed by atoms with Crippen LogP contribution in [0.25, 0.3) is 0 Å². The van der Waals surface area contributed by atoms with Crippen molar-refractivity contribution in [3.8, 4) is 5.75 Å². The molecule has 7 nitrogen and oxygen atoms in total. The van der Waals surface area contributed by atoms with Crippen molar-refractivity contribution in [2.75, 3.05) is 16.8 Å². The summed E-state index contributed by atoms with van der Waals surface area (Å²) < 4.78 is 66.7. The number of nitrogens with one attached hydrogen (secondary N) is 2. The lowest BCUT2D eigenvalue weighted by molar-refractivity contribution is -0.274. The average molecular weight is 441 g/mol. The molecule has 1 unspecified atom stereocenters. The van der Waals surface area contributed by atoms with E-state index in [1.165, 1.54) is 17.0 Å². The molecule has 0 bridgehead atoms. The largest absolute Gasteiger partial charge is 0.573 e. The third-order valence-electron chi connectivity index (χ3n) is 4.29. The van der Waals surface area contributed by atoms with Gasteiger partial charge in [-0.15, -0.1) is 13.2 Å². The minimum absolute atomic E-state index is 0.0607. The molecule has 0 spiro atoms. The summed E-state index contributed by atoms with van der Waals surface area (Å²) in [6.45, 7) is 3.32. The van der Waals surface area contributed by atoms with Gasteiger partial charge in [-0.3, -0.25) is 4.90 Å². The molecule has 0 aliphatic carbocycles. The van der Waals surface area contributed by atoms with E-state index >= 15 is 0 Å². The number of urea groups is 1. The molecule has 1 heterocycles. The molecule has 0 radical (unpaired) electrons. The first-order valence-electron chi connectivity index (χ1n) is 8.73. The Morgan fingerprint density at radius 3 is 2.47 bits per heavy atom. The Morgan fingerprint density at radius 1 is 1.17 bits per heavy atom. The molecule has 0 saturated carbocycles. The van der Waals surface area contributed by atoms with Crippen molar-refractivity contribution in [1.29, 1.82) is 0 Å². The van der Waals surface area contributed by atoms with Crippen LogP contribution in [-0.2, 0) is 16.4 Å². The number of amides is 2. The lowest BCUT2D eigenvalue weighted by atomic mass is 9.99. The predicted octanol–water partition coefficient (Wildman–Crippen LogP) is 3.61. The van der Waals surface area contributed by atoms with Crippen molar-refractivity contribution in [2.45, 2.75) is 18.8 Å². The van der Waals surface area contributed by atoms with E-state index in [4.69, 9.17) is 0 Å². The number of rotatable bonds is 5. The van der Waals surface area contributed by atoms with Crippen LogP contribution in [0.4, 0.5) is 29.3 Å². The van der Waals surface area contributed by atoms with Gasteiger partial charge < -0.3 is 10.1 Å². The summed E-state index contributed by atoms with van der Waals surface area (Å²) in [5.41, 5.74) is 1.63. The van der Waals surface area contributed by atoms with Gasteiger partial charge in [0.2, 0.25) is 10.0 Å². The zero-order valence-electron chi connectivity index (χ0n) is 15.5. The van der Waals surface area contributed by atoms with Crippen molar-refractivity contribution < 1.29 is 31.1 Å². The smallest absolute Gasteiger partial charge is 0.406 e. The molecule has 1 atom stereocenters. The van der Waals surface area contributed by atoms with Gasteiger partial charge in [-0.05, 0) is 42.3 Å². The summed E-state index contributed by atoms with van der Waals surface area (Å²) in [5.74, 6) is -0.414. The van der Waals surface area contributed by atoms with Crippen molar-refractivity contribution >= 4 is 27.4 Å². The zero-order valence-corrected chi connectivity index (χ0v) is 16.3. The average Bonchev–Trinajstić information content (AvgIpc) is 2.67. The number of carbonyl (C=O) groups excluding carboxylic acids is 1. The minimum atomic E-state index is -4.81. The standard InChI is InChI=1S/C19H18F3N3O4S/c1-2-30(27,28)24-15-11-13-5-3-4-6-17(13)25(12-15)18(26)23-14-7-9-16(10-8-14)29-19(20,21)22/h2-10,15,24H,1,11-12H2,(H,23,26). The van der Waals surface area contributed by atoms with E-state index < -0.39 is 34.2 Å². The van der Waals surface area contributed by atoms with Gasteiger partial charge in [0.05, 0.1) is 0 Å². The zero-order chi connectivity index (χ0) is 21.9. The van der Waals surface area contributed by atoms with E-state index in [1.54, 1.807) is 24.3 Å². The summed E-state index contributed by atoms with van der Waals surface area (Å²) in [5, 5.41) is 3.39. The Kier molecular flexibility index (Phi) is 6.04. The predicted molar refractivity (Wildman–Crippen MR) is 106 cm³/mol. The maximum absolute atomic E-state index is 12.8. The van der Waals surface area contributed by atoms with E-state index in [0.717, 1.165) is 23.1 Å². The highest BCUT2D eigenvalue weighted by Gasteiger charge is 2.32. The number of halogens is 3. The fraction of sp³-hybridized carbons (Fsp3) is 0.211. The van der Waals surface area contributed by atoms with E-state index in [9.17, 15) is 26.4 Å². The summed E-state index contributed by atoms with van der Waals surface area (Å²) in [6, 6.07) is 10.6. The van der Waals surface area contributed by atoms with Crippen LogP contribution < -0.4 is 19.7 Å². The van der Waals surface area contributed by atoms with Crippen LogP contribution >= 0.6 is 0 Å². The summed E-state index contributed by atoms with van der Waals surface area (Å²) in [6.07, 6.45) is -4.42. The number of ether oxygens (including phenoxy) is 1. The van der Waals surface area contributed by atoms with Crippen LogP contribution in [-0.4, -0.2) is 33.4 Å². The van der Waals surface area contributed by atoms with Crippen LogP contribution in [0.15, 0.2) is 60.5 Å². The maximum Gasteiger partial charge on any atom is 0.573 e. The highest BCUT2D eigenvalue weighted by atomic mass is 32.2. The topological polar surface area (TPSA) is 87.7 Å². The van der Waals surface area contributed by atoms with Gasteiger partial charge in [-0.1, -0.05) is 24.8 Å². The quantitative estimate of drug-likeness (QED) is 0.742. The van der Waals surface area contributed by atoms with Gasteiger partial charge in [0.25, 0.3) is 0 Å². The molecule has 3 rings (SSSR count). The highest BCUT2D eigenvalue weighted by molar-refractivity contribution is 7.92. The van der Waals surface area contributed by atoms with Crippen LogP contribution in [0.5, 0.6) is 5.75 Å². The number of carbonyl (C=O) groups is 1. The lowest BCUT2D eigenvalue weighted by Gasteiger charge is -2.34. The van der Waals surface area contributed by atoms with Crippen molar-refractivity contribution in [3.05, 3.63) is 66.1 Å². The molecule has 0 aromatic heterocycles. The van der Waals surface area contributed by atoms with Gasteiger partial charge in [-0.2, -0.15) is 0 Å². The number of benzene rings is 2. The van der Waals surface area contributed by atoms with Crippen LogP contribution in [0.2, 0.25) is 0 Å². The highest BCUT2D eigenvalue weighted by Crippen LogP contribution is 2.29. The Balaban J connectivity index is 1.77. The first-order valence-corrected chi connectivity index (χ1v) is 10.3. The van der Waals surface area contributed by atoms with Crippen molar-refractivity contribution in [2.24, 2.45) is 0 Å². The monoisotopic (exact) mass is 441 g/mol. The molecule has 11 heteroatoms. The molecule has 1 aliphatic heterocycles. The third-order valence-corrected chi connectivity index (χ3v) is 5.39. The molecular formula is C19H18F3N3O4S. The van der Waals surface area contributed by atoms with E-state index in [2.05, 4.69) is 21.4 Å². The van der Waals surface area contributed by atoms with E-state index in [1.807, 2.05) is 0 Å². The third kappa shape index (κ3) is 5.51. The second kappa shape index (κ2) is 8.36. The molecule has 2 N–H and O–H groups in total.